The zero-order valence-corrected chi connectivity index (χ0v) is 13.4. The largest absolute Gasteiger partial charge is 0.384 e. The number of nitrogens with two attached hydrogens (primary N) is 1. The van der Waals surface area contributed by atoms with Gasteiger partial charge in [0, 0.05) is 36.6 Å². The summed E-state index contributed by atoms with van der Waals surface area (Å²) in [4.78, 5) is 12.9. The van der Waals surface area contributed by atoms with Crippen LogP contribution in [0.5, 0.6) is 0 Å². The third-order valence-corrected chi connectivity index (χ3v) is 4.22. The number of rotatable bonds is 4. The smallest absolute Gasteiger partial charge is 0.126 e. The van der Waals surface area contributed by atoms with Crippen molar-refractivity contribution in [1.82, 2.24) is 14.5 Å². The molecule has 1 aromatic carbocycles. The van der Waals surface area contributed by atoms with Crippen LogP contribution >= 0.6 is 0 Å². The number of hydrogen-bond donors (Lipinski definition) is 2. The van der Waals surface area contributed by atoms with Crippen LogP contribution in [0.1, 0.15) is 11.3 Å². The van der Waals surface area contributed by atoms with E-state index in [-0.39, 0.29) is 0 Å². The van der Waals surface area contributed by atoms with Crippen LogP contribution in [0.3, 0.4) is 0 Å². The summed E-state index contributed by atoms with van der Waals surface area (Å²) in [7, 11) is 1.98. The molecular formula is C18H18N6. The number of imidazole rings is 1. The van der Waals surface area contributed by atoms with Gasteiger partial charge in [-0.2, -0.15) is 0 Å². The molecular weight excluding hydrogens is 300 g/mol. The third-order valence-electron chi connectivity index (χ3n) is 4.22. The van der Waals surface area contributed by atoms with Crippen molar-refractivity contribution in [3.8, 4) is 0 Å². The number of anilines is 2. The maximum absolute atomic E-state index is 6.00. The van der Waals surface area contributed by atoms with Gasteiger partial charge in [0.15, 0.2) is 0 Å². The Bertz CT molecular complexity index is 967. The van der Waals surface area contributed by atoms with Gasteiger partial charge in [-0.05, 0) is 23.3 Å². The molecule has 1 aliphatic heterocycles. The van der Waals surface area contributed by atoms with Gasteiger partial charge in [0.2, 0.25) is 0 Å². The Hall–Kier alpha value is -3.15. The highest BCUT2D eigenvalue weighted by Crippen LogP contribution is 2.28. The van der Waals surface area contributed by atoms with Crippen LogP contribution in [0.25, 0.3) is 16.5 Å². The molecule has 1 aliphatic rings. The fraction of sp³-hybridized carbons (Fsp3) is 0.167. The van der Waals surface area contributed by atoms with E-state index in [1.165, 1.54) is 5.57 Å². The number of benzene rings is 1. The Labute approximate surface area is 139 Å². The highest BCUT2D eigenvalue weighted by molar-refractivity contribution is 5.96. The number of nitrogens with zero attached hydrogens (tertiary/aromatic N) is 4. The lowest BCUT2D eigenvalue weighted by Gasteiger charge is -2.12. The molecule has 6 nitrogen and oxygen atoms in total. The predicted molar refractivity (Wildman–Crippen MR) is 98.0 cm³/mol. The molecule has 3 N–H and O–H groups in total. The van der Waals surface area contributed by atoms with Crippen molar-refractivity contribution in [2.75, 3.05) is 17.6 Å². The summed E-state index contributed by atoms with van der Waals surface area (Å²) < 4.78 is 1.99. The number of aryl methyl sites for hydroxylation is 1. The van der Waals surface area contributed by atoms with E-state index in [0.29, 0.717) is 12.4 Å². The normalized spacial score (nSPS) is 13.5. The van der Waals surface area contributed by atoms with E-state index in [2.05, 4.69) is 38.5 Å². The first-order valence-corrected chi connectivity index (χ1v) is 7.79. The van der Waals surface area contributed by atoms with Crippen LogP contribution in [0.4, 0.5) is 11.5 Å². The van der Waals surface area contributed by atoms with Crippen molar-refractivity contribution < 1.29 is 0 Å². The highest BCUT2D eigenvalue weighted by atomic mass is 15.0. The molecule has 4 rings (SSSR count). The lowest BCUT2D eigenvalue weighted by Crippen LogP contribution is -2.05. The van der Waals surface area contributed by atoms with Gasteiger partial charge in [0.25, 0.3) is 0 Å². The van der Waals surface area contributed by atoms with Gasteiger partial charge in [0.1, 0.15) is 5.82 Å². The molecule has 0 saturated heterocycles. The number of aliphatic imine (C=N–C) groups is 1. The van der Waals surface area contributed by atoms with E-state index >= 15 is 0 Å². The van der Waals surface area contributed by atoms with Gasteiger partial charge in [-0.25, -0.2) is 9.97 Å². The second-order valence-corrected chi connectivity index (χ2v) is 5.86. The summed E-state index contributed by atoms with van der Waals surface area (Å²) in [6, 6.07) is 8.13. The standard InChI is InChI=1S/C18H18N6/c1-24-11-21-9-14(24)10-22-16-7-18(19)23-17-6-12(2-3-15(16)17)13-4-5-20-8-13/h2-7,9,11H,8,10H2,1H3,(H3,19,22,23). The first kappa shape index (κ1) is 14.4. The molecule has 3 aromatic rings. The average Bonchev–Trinajstić information content (AvgIpc) is 3.23. The molecule has 2 aromatic heterocycles. The van der Waals surface area contributed by atoms with Gasteiger partial charge >= 0.3 is 0 Å². The minimum absolute atomic E-state index is 0.504. The van der Waals surface area contributed by atoms with E-state index in [4.69, 9.17) is 5.73 Å². The Morgan fingerprint density at radius 3 is 2.96 bits per heavy atom. The molecule has 0 radical (unpaired) electrons. The summed E-state index contributed by atoms with van der Waals surface area (Å²) in [6.07, 6.45) is 7.52. The molecule has 3 heterocycles. The third kappa shape index (κ3) is 2.62. The van der Waals surface area contributed by atoms with Gasteiger partial charge in [0.05, 0.1) is 30.6 Å². The van der Waals surface area contributed by atoms with Crippen molar-refractivity contribution in [2.45, 2.75) is 6.54 Å². The van der Waals surface area contributed by atoms with Gasteiger partial charge in [-0.15, -0.1) is 0 Å². The molecule has 120 valence electrons. The fourth-order valence-corrected chi connectivity index (χ4v) is 2.87. The highest BCUT2D eigenvalue weighted by Gasteiger charge is 2.09. The predicted octanol–water partition coefficient (Wildman–Crippen LogP) is 2.63. The Balaban J connectivity index is 1.68. The topological polar surface area (TPSA) is 81.1 Å². The molecule has 24 heavy (non-hydrogen) atoms. The lowest BCUT2D eigenvalue weighted by atomic mass is 10.0. The van der Waals surface area contributed by atoms with Gasteiger partial charge in [-0.1, -0.05) is 12.1 Å². The number of nitrogen functional groups attached to an aromatic ring is 1. The summed E-state index contributed by atoms with van der Waals surface area (Å²) in [6.45, 7) is 1.40. The van der Waals surface area contributed by atoms with E-state index in [1.54, 1.807) is 6.33 Å². The van der Waals surface area contributed by atoms with Crippen molar-refractivity contribution in [3.63, 3.8) is 0 Å². The van der Waals surface area contributed by atoms with E-state index in [0.717, 1.165) is 34.4 Å². The molecule has 0 aliphatic carbocycles. The van der Waals surface area contributed by atoms with Crippen LogP contribution in [0, 0.1) is 0 Å². The molecule has 6 heteroatoms. The first-order valence-electron chi connectivity index (χ1n) is 7.79. The monoisotopic (exact) mass is 318 g/mol. The van der Waals surface area contributed by atoms with Gasteiger partial charge in [-0.3, -0.25) is 4.99 Å². The second-order valence-electron chi connectivity index (χ2n) is 5.86. The van der Waals surface area contributed by atoms with Crippen molar-refractivity contribution in [3.05, 3.63) is 54.1 Å². The zero-order chi connectivity index (χ0) is 16.5. The lowest BCUT2D eigenvalue weighted by molar-refractivity contribution is 0.838. The minimum atomic E-state index is 0.504. The van der Waals surface area contributed by atoms with Crippen molar-refractivity contribution in [1.29, 1.82) is 0 Å². The quantitative estimate of drug-likeness (QED) is 0.775. The summed E-state index contributed by atoms with van der Waals surface area (Å²) >= 11 is 0. The summed E-state index contributed by atoms with van der Waals surface area (Å²) in [5.74, 6) is 0.504. The Kier molecular flexibility index (Phi) is 3.49. The van der Waals surface area contributed by atoms with E-state index in [9.17, 15) is 0 Å². The number of pyridine rings is 1. The maximum atomic E-state index is 6.00. The molecule has 0 spiro atoms. The summed E-state index contributed by atoms with van der Waals surface area (Å²) in [5, 5.41) is 4.49. The van der Waals surface area contributed by atoms with E-state index in [1.807, 2.05) is 36.2 Å². The Morgan fingerprint density at radius 1 is 1.29 bits per heavy atom. The van der Waals surface area contributed by atoms with Crippen LogP contribution in [-0.4, -0.2) is 27.3 Å². The molecule has 0 atom stereocenters. The SMILES string of the molecule is Cn1cncc1CNc1cc(N)nc2cc(C3=CC=NC3)ccc12. The zero-order valence-electron chi connectivity index (χ0n) is 13.4. The van der Waals surface area contributed by atoms with Gasteiger partial charge < -0.3 is 15.6 Å². The van der Waals surface area contributed by atoms with Crippen LogP contribution in [0.2, 0.25) is 0 Å². The molecule has 0 saturated carbocycles. The molecule has 0 unspecified atom stereocenters. The second kappa shape index (κ2) is 5.81. The maximum Gasteiger partial charge on any atom is 0.126 e. The van der Waals surface area contributed by atoms with Crippen LogP contribution < -0.4 is 11.1 Å². The molecule has 0 amide bonds. The molecule has 0 fully saturated rings. The van der Waals surface area contributed by atoms with Crippen LogP contribution in [-0.2, 0) is 13.6 Å². The fourth-order valence-electron chi connectivity index (χ4n) is 2.87. The number of hydrogen-bond acceptors (Lipinski definition) is 5. The average molecular weight is 318 g/mol. The minimum Gasteiger partial charge on any atom is -0.384 e. The first-order chi connectivity index (χ1) is 11.7. The van der Waals surface area contributed by atoms with E-state index < -0.39 is 0 Å². The van der Waals surface area contributed by atoms with Crippen molar-refractivity contribution >= 4 is 34.2 Å². The van der Waals surface area contributed by atoms with Crippen LogP contribution in [0.15, 0.2) is 47.9 Å². The number of fused-ring (bicyclic) bond motifs is 1. The number of aromatic nitrogens is 3. The summed E-state index contributed by atoms with van der Waals surface area (Å²) in [5.41, 5.74) is 11.3. The molecule has 0 bridgehead atoms. The number of nitrogens with one attached hydrogen (secondary N) is 1. The van der Waals surface area contributed by atoms with Crippen molar-refractivity contribution in [2.24, 2.45) is 12.0 Å². The Morgan fingerprint density at radius 2 is 2.21 bits per heavy atom. The number of allylic oxidation sites excluding steroid dienone is 1.